The normalized spacial score (nSPS) is 9.80. The van der Waals surface area contributed by atoms with Crippen molar-refractivity contribution >= 4 is 11.6 Å². The van der Waals surface area contributed by atoms with Crippen molar-refractivity contribution in [1.29, 1.82) is 0 Å². The van der Waals surface area contributed by atoms with Crippen molar-refractivity contribution in [3.8, 4) is 0 Å². The topological polar surface area (TPSA) is 19.9 Å². The van der Waals surface area contributed by atoms with Crippen LogP contribution >= 0.6 is 11.6 Å². The Labute approximate surface area is 35.9 Å². The van der Waals surface area contributed by atoms with Crippen LogP contribution in [0.1, 0.15) is 0 Å². The lowest BCUT2D eigenvalue weighted by Gasteiger charge is -1.59. The van der Waals surface area contributed by atoms with Gasteiger partial charge >= 0.3 is 0 Å². The zero-order chi connectivity index (χ0) is 4.12. The smallest absolute Gasteiger partial charge is 0.140 e. The van der Waals surface area contributed by atoms with E-state index in [1.807, 2.05) is 0 Å². The number of hydrogen-bond acceptors (Lipinski definition) is 0. The fourth-order valence-electron chi connectivity index (χ4n) is 0.0364. The maximum absolute atomic E-state index is 9.26. The van der Waals surface area contributed by atoms with E-state index in [1.165, 1.54) is 6.08 Å². The summed E-state index contributed by atoms with van der Waals surface area (Å²) in [4.78, 5) is 0. The highest BCUT2D eigenvalue weighted by Crippen LogP contribution is 1.72. The van der Waals surface area contributed by atoms with Crippen molar-refractivity contribution in [2.75, 3.05) is 5.88 Å². The molecule has 0 saturated carbocycles. The molecule has 0 aliphatic rings. The lowest BCUT2D eigenvalue weighted by molar-refractivity contribution is 0.351. The Morgan fingerprint density at radius 1 is 1.80 bits per heavy atom. The van der Waals surface area contributed by atoms with Gasteiger partial charge in [-0.2, -0.15) is 0 Å². The molecule has 0 aromatic heterocycles. The quantitative estimate of drug-likeness (QED) is 0.341. The summed E-state index contributed by atoms with van der Waals surface area (Å²) >= 11 is 5.01. The van der Waals surface area contributed by atoms with Crippen LogP contribution < -0.4 is 0 Å². The number of allylic oxidation sites excluding steroid dienone is 1. The van der Waals surface area contributed by atoms with E-state index in [0.29, 0.717) is 12.1 Å². The highest BCUT2D eigenvalue weighted by Gasteiger charge is 1.58. The summed E-state index contributed by atoms with van der Waals surface area (Å²) in [5.41, 5.74) is 0. The second-order valence-electron chi connectivity index (χ2n) is 0.526. The van der Waals surface area contributed by atoms with Crippen molar-refractivity contribution < 1.29 is 5.11 Å². The summed E-state index contributed by atoms with van der Waals surface area (Å²) in [7, 11) is 0. The Morgan fingerprint density at radius 2 is 2.40 bits per heavy atom. The standard InChI is InChI=1S/C3H4ClO/c4-2-1-3-5/h1,3H,2H2. The first kappa shape index (κ1) is 4.83. The van der Waals surface area contributed by atoms with Crippen LogP contribution in [0.3, 0.4) is 0 Å². The summed E-state index contributed by atoms with van der Waals surface area (Å²) in [5.74, 6) is 0.323. The average Bonchev–Trinajstić information content (AvgIpc) is 1.41. The van der Waals surface area contributed by atoms with E-state index >= 15 is 0 Å². The third-order valence-corrected chi connectivity index (χ3v) is 0.363. The molecule has 0 spiro atoms. The molecule has 0 aromatic rings. The van der Waals surface area contributed by atoms with Gasteiger partial charge < -0.3 is 0 Å². The predicted octanol–water partition coefficient (Wildman–Crippen LogP) is 1.17. The van der Waals surface area contributed by atoms with Crippen LogP contribution in [0.25, 0.3) is 0 Å². The van der Waals surface area contributed by atoms with Crippen LogP contribution in [-0.4, -0.2) is 5.88 Å². The van der Waals surface area contributed by atoms with Gasteiger partial charge in [0.15, 0.2) is 0 Å². The molecular weight excluding hydrogens is 87.5 g/mol. The highest BCUT2D eigenvalue weighted by atomic mass is 35.5. The molecule has 0 rings (SSSR count). The maximum atomic E-state index is 9.26. The number of alkyl halides is 1. The van der Waals surface area contributed by atoms with Crippen molar-refractivity contribution in [3.63, 3.8) is 0 Å². The fourth-order valence-corrected chi connectivity index (χ4v) is 0.109. The Hall–Kier alpha value is -0.170. The lowest BCUT2D eigenvalue weighted by Crippen LogP contribution is -1.52. The van der Waals surface area contributed by atoms with Gasteiger partial charge in [0.05, 0.1) is 0 Å². The predicted molar refractivity (Wildman–Crippen MR) is 20.5 cm³/mol. The Balaban J connectivity index is 2.62. The molecular formula is C3H4ClO. The van der Waals surface area contributed by atoms with E-state index in [0.717, 1.165) is 0 Å². The van der Waals surface area contributed by atoms with Crippen LogP contribution in [0.4, 0.5) is 0 Å². The molecule has 0 unspecified atom stereocenters. The minimum Gasteiger partial charge on any atom is -0.299 e. The van der Waals surface area contributed by atoms with Crippen LogP contribution in [-0.2, 0) is 5.11 Å². The first-order valence-electron chi connectivity index (χ1n) is 1.24. The van der Waals surface area contributed by atoms with E-state index in [1.54, 1.807) is 0 Å². The van der Waals surface area contributed by atoms with Crippen LogP contribution in [0.2, 0.25) is 0 Å². The lowest BCUT2D eigenvalue weighted by atomic mass is 10.7. The molecule has 29 valence electrons. The summed E-state index contributed by atoms with van der Waals surface area (Å²) in [6, 6.07) is 0. The SMILES string of the molecule is [O]C=CCCl. The third kappa shape index (κ3) is 3.83. The fraction of sp³-hybridized carbons (Fsp3) is 0.333. The van der Waals surface area contributed by atoms with E-state index in [4.69, 9.17) is 11.6 Å². The monoisotopic (exact) mass is 91.0 g/mol. The molecule has 2 heteroatoms. The van der Waals surface area contributed by atoms with Gasteiger partial charge in [0.25, 0.3) is 0 Å². The Bertz CT molecular complexity index is 33.9. The zero-order valence-corrected chi connectivity index (χ0v) is 3.40. The molecule has 0 N–H and O–H groups in total. The van der Waals surface area contributed by atoms with Crippen LogP contribution in [0.5, 0.6) is 0 Å². The summed E-state index contributed by atoms with van der Waals surface area (Å²) in [6.45, 7) is 0. The summed E-state index contributed by atoms with van der Waals surface area (Å²) in [6.07, 6.45) is 2.01. The largest absolute Gasteiger partial charge is 0.299 e. The molecule has 0 saturated heterocycles. The van der Waals surface area contributed by atoms with Crippen LogP contribution in [0, 0.1) is 0 Å². The maximum Gasteiger partial charge on any atom is 0.140 e. The molecule has 1 nitrogen and oxygen atoms in total. The molecule has 0 amide bonds. The number of halogens is 1. The first-order valence-corrected chi connectivity index (χ1v) is 1.78. The second kappa shape index (κ2) is 3.83. The van der Waals surface area contributed by atoms with Gasteiger partial charge in [0.2, 0.25) is 0 Å². The Morgan fingerprint density at radius 3 is 2.40 bits per heavy atom. The van der Waals surface area contributed by atoms with Gasteiger partial charge in [-0.3, -0.25) is 5.11 Å². The van der Waals surface area contributed by atoms with Crippen molar-refractivity contribution in [1.82, 2.24) is 0 Å². The zero-order valence-electron chi connectivity index (χ0n) is 2.65. The molecule has 0 fully saturated rings. The van der Waals surface area contributed by atoms with E-state index in [2.05, 4.69) is 0 Å². The first-order chi connectivity index (χ1) is 2.41. The van der Waals surface area contributed by atoms with Gasteiger partial charge in [-0.1, -0.05) is 0 Å². The van der Waals surface area contributed by atoms with E-state index in [-0.39, 0.29) is 0 Å². The highest BCUT2D eigenvalue weighted by molar-refractivity contribution is 6.18. The van der Waals surface area contributed by atoms with Gasteiger partial charge in [-0.05, 0) is 6.08 Å². The van der Waals surface area contributed by atoms with Gasteiger partial charge in [0.1, 0.15) is 6.26 Å². The molecule has 1 radical (unpaired) electrons. The molecule has 0 heterocycles. The van der Waals surface area contributed by atoms with Gasteiger partial charge in [0, 0.05) is 5.88 Å². The van der Waals surface area contributed by atoms with Crippen molar-refractivity contribution in [3.05, 3.63) is 12.3 Å². The third-order valence-electron chi connectivity index (χ3n) is 0.185. The van der Waals surface area contributed by atoms with Gasteiger partial charge in [-0.15, -0.1) is 11.6 Å². The molecule has 0 aromatic carbocycles. The van der Waals surface area contributed by atoms with E-state index in [9.17, 15) is 5.11 Å². The van der Waals surface area contributed by atoms with Crippen LogP contribution in [0.15, 0.2) is 12.3 Å². The molecule has 0 atom stereocenters. The van der Waals surface area contributed by atoms with E-state index < -0.39 is 0 Å². The molecule has 5 heavy (non-hydrogen) atoms. The molecule has 0 aliphatic carbocycles. The summed E-state index contributed by atoms with van der Waals surface area (Å²) in [5, 5.41) is 9.26. The van der Waals surface area contributed by atoms with Gasteiger partial charge in [-0.25, -0.2) is 0 Å². The molecule has 0 bridgehead atoms. The minimum atomic E-state index is 0.323. The minimum absolute atomic E-state index is 0.323. The average molecular weight is 91.5 g/mol. The second-order valence-corrected chi connectivity index (χ2v) is 0.835. The van der Waals surface area contributed by atoms with Crippen molar-refractivity contribution in [2.45, 2.75) is 0 Å². The number of rotatable bonds is 1. The molecule has 0 aliphatic heterocycles. The Kier molecular flexibility index (Phi) is 3.70. The van der Waals surface area contributed by atoms with Crippen molar-refractivity contribution in [2.24, 2.45) is 0 Å². The summed E-state index contributed by atoms with van der Waals surface area (Å²) < 4.78 is 0. The number of hydrogen-bond donors (Lipinski definition) is 0.